The van der Waals surface area contributed by atoms with E-state index in [9.17, 15) is 14.4 Å². The predicted molar refractivity (Wildman–Crippen MR) is 101 cm³/mol. The van der Waals surface area contributed by atoms with E-state index in [1.807, 2.05) is 30.3 Å². The highest BCUT2D eigenvalue weighted by molar-refractivity contribution is 5.98. The summed E-state index contributed by atoms with van der Waals surface area (Å²) in [7, 11) is 4.39. The normalized spacial score (nSPS) is 10.3. The van der Waals surface area contributed by atoms with E-state index in [4.69, 9.17) is 10.3 Å². The molecule has 0 saturated heterocycles. The van der Waals surface area contributed by atoms with Crippen LogP contribution in [-0.2, 0) is 9.59 Å². The first-order valence-electron chi connectivity index (χ1n) is 7.99. The summed E-state index contributed by atoms with van der Waals surface area (Å²) in [5.74, 6) is -1.44. The van der Waals surface area contributed by atoms with Crippen molar-refractivity contribution in [2.75, 3.05) is 21.1 Å². The van der Waals surface area contributed by atoms with Crippen LogP contribution >= 0.6 is 0 Å². The van der Waals surface area contributed by atoms with Gasteiger partial charge in [-0.25, -0.2) is 0 Å². The van der Waals surface area contributed by atoms with E-state index in [2.05, 4.69) is 27.3 Å². The van der Waals surface area contributed by atoms with Crippen molar-refractivity contribution in [3.05, 3.63) is 42.1 Å². The molecule has 0 aliphatic rings. The highest BCUT2D eigenvalue weighted by Gasteiger charge is 2.24. The number of nitrogens with zero attached hydrogens (tertiary/aromatic N) is 1. The van der Waals surface area contributed by atoms with Crippen molar-refractivity contribution in [2.45, 2.75) is 12.5 Å². The fraction of sp³-hybridized carbons (Fsp3) is 0.294. The molecule has 10 nitrogen and oxygen atoms in total. The number of nitrogens with one attached hydrogen (secondary N) is 2. The van der Waals surface area contributed by atoms with Gasteiger partial charge in [-0.1, -0.05) is 35.5 Å². The Balaban J connectivity index is 0.00000158. The molecule has 1 atom stereocenters. The van der Waals surface area contributed by atoms with Crippen molar-refractivity contribution in [3.8, 4) is 11.3 Å². The van der Waals surface area contributed by atoms with Crippen LogP contribution in [0.25, 0.3) is 11.3 Å². The molecule has 3 amide bonds. The smallest absolute Gasteiger partial charge is 0.274 e. The van der Waals surface area contributed by atoms with E-state index in [-0.39, 0.29) is 12.1 Å². The van der Waals surface area contributed by atoms with Crippen LogP contribution in [0.1, 0.15) is 16.9 Å². The number of primary amides is 1. The Morgan fingerprint density at radius 2 is 1.70 bits per heavy atom. The molecule has 0 aliphatic carbocycles. The summed E-state index contributed by atoms with van der Waals surface area (Å²) in [6.45, 7) is 0. The lowest BCUT2D eigenvalue weighted by Gasteiger charge is -2.14. The van der Waals surface area contributed by atoms with E-state index in [1.165, 1.54) is 27.2 Å². The Hall–Kier alpha value is -3.24. The summed E-state index contributed by atoms with van der Waals surface area (Å²) in [5.41, 5.74) is 14.8. The van der Waals surface area contributed by atoms with Gasteiger partial charge in [0.1, 0.15) is 6.04 Å². The molecule has 0 spiro atoms. The fourth-order valence-corrected chi connectivity index (χ4v) is 1.94. The van der Waals surface area contributed by atoms with Crippen LogP contribution < -0.4 is 27.8 Å². The molecule has 0 radical (unpaired) electrons. The number of hydrogen-bond donors (Lipinski definition) is 5. The second kappa shape index (κ2) is 13.0. The Labute approximate surface area is 157 Å². The third kappa shape index (κ3) is 7.67. The molecule has 27 heavy (non-hydrogen) atoms. The number of benzene rings is 1. The number of aromatic nitrogens is 1. The highest BCUT2D eigenvalue weighted by atomic mass is 16.5. The molecule has 2 aromatic rings. The van der Waals surface area contributed by atoms with Gasteiger partial charge >= 0.3 is 0 Å². The first-order valence-corrected chi connectivity index (χ1v) is 7.99. The number of carbonyl (C=O) groups is 3. The lowest BCUT2D eigenvalue weighted by atomic mass is 10.1. The number of likely N-dealkylation sites (N-methyl/N-ethyl adjacent to an activating group) is 1. The highest BCUT2D eigenvalue weighted by Crippen LogP contribution is 2.19. The Morgan fingerprint density at radius 3 is 2.22 bits per heavy atom. The van der Waals surface area contributed by atoms with Crippen molar-refractivity contribution in [1.82, 2.24) is 15.8 Å². The fourth-order valence-electron chi connectivity index (χ4n) is 1.94. The Bertz CT molecular complexity index is 717. The van der Waals surface area contributed by atoms with Gasteiger partial charge in [0.15, 0.2) is 11.5 Å². The molecule has 1 aromatic carbocycles. The average molecular weight is 378 g/mol. The zero-order valence-electron chi connectivity index (χ0n) is 15.6. The van der Waals surface area contributed by atoms with Gasteiger partial charge in [-0.05, 0) is 14.1 Å². The largest absolute Gasteiger partial charge is 0.370 e. The first kappa shape index (κ1) is 23.8. The minimum Gasteiger partial charge on any atom is -0.370 e. The summed E-state index contributed by atoms with van der Waals surface area (Å²) >= 11 is 0. The third-order valence-corrected chi connectivity index (χ3v) is 3.07. The van der Waals surface area contributed by atoms with E-state index in [0.717, 1.165) is 5.56 Å². The zero-order valence-corrected chi connectivity index (χ0v) is 15.6. The monoisotopic (exact) mass is 378 g/mol. The molecule has 0 aliphatic heterocycles. The van der Waals surface area contributed by atoms with E-state index >= 15 is 0 Å². The number of carbonyl (C=O) groups excluding carboxylic acids is 3. The number of hydrogen-bond acceptors (Lipinski definition) is 7. The van der Waals surface area contributed by atoms with Crippen molar-refractivity contribution in [2.24, 2.45) is 17.2 Å². The lowest BCUT2D eigenvalue weighted by Crippen LogP contribution is -2.47. The van der Waals surface area contributed by atoms with Crippen LogP contribution in [0.3, 0.4) is 0 Å². The zero-order chi connectivity index (χ0) is 20.8. The van der Waals surface area contributed by atoms with Crippen LogP contribution in [0.2, 0.25) is 0 Å². The van der Waals surface area contributed by atoms with Gasteiger partial charge in [-0.3, -0.25) is 14.4 Å². The summed E-state index contributed by atoms with van der Waals surface area (Å²) in [6, 6.07) is 9.51. The van der Waals surface area contributed by atoms with Gasteiger partial charge in [-0.15, -0.1) is 0 Å². The molecule has 1 aromatic heterocycles. The Kier molecular flexibility index (Phi) is 11.5. The van der Waals surface area contributed by atoms with Gasteiger partial charge in [0.25, 0.3) is 5.91 Å². The minimum atomic E-state index is -1.07. The lowest BCUT2D eigenvalue weighted by molar-refractivity contribution is -0.126. The van der Waals surface area contributed by atoms with E-state index in [0.29, 0.717) is 5.76 Å². The number of nitrogens with two attached hydrogens (primary N) is 3. The van der Waals surface area contributed by atoms with Crippen molar-refractivity contribution >= 4 is 17.7 Å². The first-order chi connectivity index (χ1) is 13.0. The van der Waals surface area contributed by atoms with Crippen molar-refractivity contribution < 1.29 is 18.9 Å². The van der Waals surface area contributed by atoms with Crippen LogP contribution in [0.15, 0.2) is 40.9 Å². The molecule has 8 N–H and O–H groups in total. The maximum absolute atomic E-state index is 12.1. The maximum Gasteiger partial charge on any atom is 0.274 e. The molecular formula is C17H26N6O4. The molecule has 1 heterocycles. The van der Waals surface area contributed by atoms with Crippen LogP contribution in [0.4, 0.5) is 0 Å². The summed E-state index contributed by atoms with van der Waals surface area (Å²) < 4.78 is 5.12. The van der Waals surface area contributed by atoms with E-state index in [1.54, 1.807) is 0 Å². The van der Waals surface area contributed by atoms with E-state index < -0.39 is 23.8 Å². The van der Waals surface area contributed by atoms with Gasteiger partial charge in [0, 0.05) is 18.7 Å². The topological polar surface area (TPSA) is 179 Å². The second-order valence-electron chi connectivity index (χ2n) is 4.75. The number of amides is 3. The second-order valence-corrected chi connectivity index (χ2v) is 4.75. The molecule has 2 rings (SSSR count). The van der Waals surface area contributed by atoms with Gasteiger partial charge < -0.3 is 32.4 Å². The SMILES string of the molecule is CN.CN.CNC(=O)[C@H](CC(N)=O)NC(=O)c1cc(-c2ccccc2)on1. The van der Waals surface area contributed by atoms with Gasteiger partial charge in [-0.2, -0.15) is 0 Å². The molecule has 0 fully saturated rings. The van der Waals surface area contributed by atoms with Crippen LogP contribution in [0.5, 0.6) is 0 Å². The number of rotatable bonds is 6. The average Bonchev–Trinajstić information content (AvgIpc) is 3.20. The molecular weight excluding hydrogens is 352 g/mol. The maximum atomic E-state index is 12.1. The van der Waals surface area contributed by atoms with Crippen molar-refractivity contribution in [1.29, 1.82) is 0 Å². The minimum absolute atomic E-state index is 0.00206. The molecule has 148 valence electrons. The quantitative estimate of drug-likeness (QED) is 0.437. The van der Waals surface area contributed by atoms with Crippen LogP contribution in [0, 0.1) is 0 Å². The van der Waals surface area contributed by atoms with Crippen LogP contribution in [-0.4, -0.2) is 50.1 Å². The standard InChI is InChI=1S/C15H16N4O4.2CH5N/c1-17-14(21)10(8-13(16)20)18-15(22)11-7-12(23-19-11)9-5-3-2-4-6-9;2*1-2/h2-7,10H,8H2,1H3,(H2,16,20)(H,17,21)(H,18,22);2*2H2,1H3/t10-;;/m0../s1. The Morgan fingerprint density at radius 1 is 1.11 bits per heavy atom. The summed E-state index contributed by atoms with van der Waals surface area (Å²) in [5, 5.41) is 8.43. The molecule has 0 saturated carbocycles. The molecule has 0 unspecified atom stereocenters. The summed E-state index contributed by atoms with van der Waals surface area (Å²) in [6.07, 6.45) is -0.311. The summed E-state index contributed by atoms with van der Waals surface area (Å²) in [4.78, 5) is 34.8. The van der Waals surface area contributed by atoms with Gasteiger partial charge in [0.2, 0.25) is 11.8 Å². The predicted octanol–water partition coefficient (Wildman–Crippen LogP) is -0.789. The molecule has 10 heteroatoms. The molecule has 0 bridgehead atoms. The van der Waals surface area contributed by atoms with Crippen molar-refractivity contribution in [3.63, 3.8) is 0 Å². The van der Waals surface area contributed by atoms with Gasteiger partial charge in [0.05, 0.1) is 6.42 Å². The third-order valence-electron chi connectivity index (χ3n) is 3.07.